The molecule has 7 heteroatoms. The van der Waals surface area contributed by atoms with Crippen molar-refractivity contribution < 1.29 is 14.3 Å². The third-order valence-corrected chi connectivity index (χ3v) is 5.89. The second-order valence-corrected chi connectivity index (χ2v) is 7.27. The topological polar surface area (TPSA) is 62.7 Å². The molecule has 23 heavy (non-hydrogen) atoms. The maximum atomic E-state index is 12.9. The number of piperidine rings is 1. The molecule has 0 aliphatic carbocycles. The lowest BCUT2D eigenvalue weighted by Crippen LogP contribution is -2.51. The van der Waals surface area contributed by atoms with E-state index < -0.39 is 0 Å². The lowest BCUT2D eigenvalue weighted by molar-refractivity contribution is -0.146. The molecule has 0 aromatic carbocycles. The highest BCUT2D eigenvalue weighted by Crippen LogP contribution is 2.40. The van der Waals surface area contributed by atoms with Crippen LogP contribution >= 0.6 is 11.3 Å². The molecule has 1 spiro atoms. The van der Waals surface area contributed by atoms with Crippen LogP contribution in [0.15, 0.2) is 5.51 Å². The van der Waals surface area contributed by atoms with Gasteiger partial charge < -0.3 is 14.5 Å². The summed E-state index contributed by atoms with van der Waals surface area (Å²) in [6, 6.07) is 0. The Bertz CT molecular complexity index is 603. The van der Waals surface area contributed by atoms with Crippen molar-refractivity contribution >= 4 is 23.2 Å². The molecule has 3 rings (SSSR count). The number of amides is 2. The van der Waals surface area contributed by atoms with E-state index in [-0.39, 0.29) is 17.2 Å². The number of methoxy groups -OCH3 is 1. The predicted molar refractivity (Wildman–Crippen MR) is 87.5 cm³/mol. The van der Waals surface area contributed by atoms with Crippen molar-refractivity contribution in [3.63, 3.8) is 0 Å². The molecule has 0 radical (unpaired) electrons. The van der Waals surface area contributed by atoms with Crippen molar-refractivity contribution in [3.05, 3.63) is 16.1 Å². The van der Waals surface area contributed by atoms with Crippen molar-refractivity contribution in [2.75, 3.05) is 39.9 Å². The average molecular weight is 337 g/mol. The number of aryl methyl sites for hydroxylation is 1. The third-order valence-electron chi connectivity index (χ3n) is 4.97. The van der Waals surface area contributed by atoms with Gasteiger partial charge >= 0.3 is 0 Å². The van der Waals surface area contributed by atoms with Crippen LogP contribution in [-0.2, 0) is 9.53 Å². The Morgan fingerprint density at radius 2 is 2.26 bits per heavy atom. The molecule has 1 aromatic rings. The van der Waals surface area contributed by atoms with Crippen molar-refractivity contribution in [2.24, 2.45) is 5.41 Å². The largest absolute Gasteiger partial charge is 0.383 e. The van der Waals surface area contributed by atoms with Crippen LogP contribution in [0.25, 0.3) is 0 Å². The molecule has 0 saturated carbocycles. The molecule has 6 nitrogen and oxygen atoms in total. The molecule has 0 N–H and O–H groups in total. The summed E-state index contributed by atoms with van der Waals surface area (Å²) in [4.78, 5) is 34.2. The summed E-state index contributed by atoms with van der Waals surface area (Å²) in [6.07, 6.45) is 2.64. The van der Waals surface area contributed by atoms with Crippen LogP contribution in [-0.4, -0.2) is 66.5 Å². The summed E-state index contributed by atoms with van der Waals surface area (Å²) in [5.74, 6) is 0.209. The minimum absolute atomic E-state index is 0.0173. The predicted octanol–water partition coefficient (Wildman–Crippen LogP) is 1.55. The number of thiazole rings is 1. The number of hydrogen-bond acceptors (Lipinski definition) is 5. The molecule has 2 saturated heterocycles. The second kappa shape index (κ2) is 6.57. The number of hydrogen-bond donors (Lipinski definition) is 0. The van der Waals surface area contributed by atoms with Gasteiger partial charge in [-0.15, -0.1) is 11.3 Å². The fourth-order valence-corrected chi connectivity index (χ4v) is 4.41. The highest BCUT2D eigenvalue weighted by molar-refractivity contribution is 7.11. The smallest absolute Gasteiger partial charge is 0.265 e. The van der Waals surface area contributed by atoms with E-state index in [0.29, 0.717) is 31.1 Å². The van der Waals surface area contributed by atoms with Crippen LogP contribution in [0.4, 0.5) is 0 Å². The summed E-state index contributed by atoms with van der Waals surface area (Å²) >= 11 is 1.38. The van der Waals surface area contributed by atoms with Crippen molar-refractivity contribution in [2.45, 2.75) is 26.2 Å². The molecule has 2 fully saturated rings. The maximum absolute atomic E-state index is 12.9. The molecule has 2 aliphatic heterocycles. The normalized spacial score (nSPS) is 24.7. The van der Waals surface area contributed by atoms with Crippen LogP contribution in [0.2, 0.25) is 0 Å². The summed E-state index contributed by atoms with van der Waals surface area (Å²) in [7, 11) is 1.65. The Hall–Kier alpha value is -1.47. The zero-order valence-corrected chi connectivity index (χ0v) is 14.5. The van der Waals surface area contributed by atoms with Crippen LogP contribution in [0, 0.1) is 12.3 Å². The Balaban J connectivity index is 1.71. The summed E-state index contributed by atoms with van der Waals surface area (Å²) in [6.45, 7) is 5.04. The zero-order valence-electron chi connectivity index (χ0n) is 13.7. The van der Waals surface area contributed by atoms with E-state index in [1.807, 2.05) is 16.7 Å². The standard InChI is InChI=1S/C16H23N3O3S/c1-12-13(23-11-17-12)14(20)19-7-5-16(10-19)4-3-6-18(15(16)21)8-9-22-2/h11H,3-10H2,1-2H3/t16-/m0/s1. The maximum Gasteiger partial charge on any atom is 0.265 e. The van der Waals surface area contributed by atoms with Gasteiger partial charge in [-0.25, -0.2) is 4.98 Å². The van der Waals surface area contributed by atoms with E-state index >= 15 is 0 Å². The van der Waals surface area contributed by atoms with Gasteiger partial charge in [-0.1, -0.05) is 0 Å². The molecule has 126 valence electrons. The van der Waals surface area contributed by atoms with Gasteiger partial charge in [0.1, 0.15) is 4.88 Å². The molecule has 0 bridgehead atoms. The number of rotatable bonds is 4. The highest BCUT2D eigenvalue weighted by atomic mass is 32.1. The van der Waals surface area contributed by atoms with Crippen molar-refractivity contribution in [1.82, 2.24) is 14.8 Å². The molecule has 3 heterocycles. The van der Waals surface area contributed by atoms with Gasteiger partial charge in [0.05, 0.1) is 23.2 Å². The first-order valence-electron chi connectivity index (χ1n) is 8.05. The second-order valence-electron chi connectivity index (χ2n) is 6.41. The monoisotopic (exact) mass is 337 g/mol. The van der Waals surface area contributed by atoms with Crippen molar-refractivity contribution in [3.8, 4) is 0 Å². The van der Waals surface area contributed by atoms with Crippen LogP contribution < -0.4 is 0 Å². The third kappa shape index (κ3) is 2.99. The van der Waals surface area contributed by atoms with Gasteiger partial charge in [0.15, 0.2) is 0 Å². The fraction of sp³-hybridized carbons (Fsp3) is 0.688. The zero-order chi connectivity index (χ0) is 16.4. The van der Waals surface area contributed by atoms with Crippen LogP contribution in [0.1, 0.15) is 34.6 Å². The molecule has 2 aliphatic rings. The van der Waals surface area contributed by atoms with E-state index in [4.69, 9.17) is 4.74 Å². The SMILES string of the molecule is COCCN1CCC[C@@]2(CCN(C(=O)c3scnc3C)C2)C1=O. The number of likely N-dealkylation sites (tertiary alicyclic amines) is 2. The summed E-state index contributed by atoms with van der Waals surface area (Å²) in [5, 5.41) is 0. The number of ether oxygens (including phenoxy) is 1. The van der Waals surface area contributed by atoms with E-state index in [9.17, 15) is 9.59 Å². The molecule has 0 unspecified atom stereocenters. The minimum atomic E-state index is -0.389. The number of nitrogens with zero attached hydrogens (tertiary/aromatic N) is 3. The summed E-state index contributed by atoms with van der Waals surface area (Å²) in [5.41, 5.74) is 2.09. The first-order valence-corrected chi connectivity index (χ1v) is 8.93. The lowest BCUT2D eigenvalue weighted by Gasteiger charge is -2.39. The van der Waals surface area contributed by atoms with Crippen LogP contribution in [0.5, 0.6) is 0 Å². The Morgan fingerprint density at radius 3 is 2.96 bits per heavy atom. The highest BCUT2D eigenvalue weighted by Gasteiger charge is 2.49. The van der Waals surface area contributed by atoms with Gasteiger partial charge in [0.25, 0.3) is 5.91 Å². The first-order chi connectivity index (χ1) is 11.1. The van der Waals surface area contributed by atoms with Gasteiger partial charge in [-0.3, -0.25) is 9.59 Å². The quantitative estimate of drug-likeness (QED) is 0.836. The molecular formula is C16H23N3O3S. The fourth-order valence-electron chi connectivity index (χ4n) is 3.64. The molecule has 2 amide bonds. The number of carbonyl (C=O) groups is 2. The van der Waals surface area contributed by atoms with Gasteiger partial charge in [-0.05, 0) is 26.2 Å². The van der Waals surface area contributed by atoms with E-state index in [0.717, 1.165) is 31.5 Å². The summed E-state index contributed by atoms with van der Waals surface area (Å²) < 4.78 is 5.10. The lowest BCUT2D eigenvalue weighted by atomic mass is 9.78. The Labute approximate surface area is 140 Å². The van der Waals surface area contributed by atoms with Gasteiger partial charge in [0.2, 0.25) is 5.91 Å². The Morgan fingerprint density at radius 1 is 1.43 bits per heavy atom. The minimum Gasteiger partial charge on any atom is -0.383 e. The first kappa shape index (κ1) is 16.4. The van der Waals surface area contributed by atoms with E-state index in [1.54, 1.807) is 12.6 Å². The van der Waals surface area contributed by atoms with Gasteiger partial charge in [-0.2, -0.15) is 0 Å². The number of carbonyl (C=O) groups excluding carboxylic acids is 2. The number of aromatic nitrogens is 1. The molecule has 1 aromatic heterocycles. The Kier molecular flexibility index (Phi) is 4.68. The van der Waals surface area contributed by atoms with E-state index in [2.05, 4.69) is 4.98 Å². The average Bonchev–Trinajstić information content (AvgIpc) is 3.16. The molecular weight excluding hydrogens is 314 g/mol. The van der Waals surface area contributed by atoms with Crippen LogP contribution in [0.3, 0.4) is 0 Å². The van der Waals surface area contributed by atoms with Crippen molar-refractivity contribution in [1.29, 1.82) is 0 Å². The van der Waals surface area contributed by atoms with E-state index in [1.165, 1.54) is 11.3 Å². The van der Waals surface area contributed by atoms with Gasteiger partial charge in [0, 0.05) is 33.3 Å². The molecule has 1 atom stereocenters.